The molecule has 0 aliphatic carbocycles. The second-order valence-electron chi connectivity index (χ2n) is 5.20. The first kappa shape index (κ1) is 13.8. The molecule has 1 heterocycles. The molecule has 5 heteroatoms. The van der Waals surface area contributed by atoms with E-state index < -0.39 is 0 Å². The molecule has 1 aromatic carbocycles. The summed E-state index contributed by atoms with van der Waals surface area (Å²) in [4.78, 5) is 14.0. The summed E-state index contributed by atoms with van der Waals surface area (Å²) in [5.74, 6) is 0.233. The molecule has 2 rings (SSSR count). The van der Waals surface area contributed by atoms with E-state index in [1.54, 1.807) is 19.1 Å². The summed E-state index contributed by atoms with van der Waals surface area (Å²) < 4.78 is 0. The minimum atomic E-state index is -0.304. The molecule has 0 aromatic heterocycles. The number of nitrogen functional groups attached to an aromatic ring is 1. The number of hydrogen-bond donors (Lipinski definition) is 3. The number of amides is 1. The van der Waals surface area contributed by atoms with Gasteiger partial charge in [-0.2, -0.15) is 0 Å². The van der Waals surface area contributed by atoms with E-state index in [2.05, 4.69) is 10.2 Å². The molecule has 19 heavy (non-hydrogen) atoms. The van der Waals surface area contributed by atoms with Crippen LogP contribution in [0, 0.1) is 5.92 Å². The molecule has 0 saturated carbocycles. The van der Waals surface area contributed by atoms with Crippen molar-refractivity contribution < 1.29 is 9.90 Å². The van der Waals surface area contributed by atoms with Crippen LogP contribution in [0.3, 0.4) is 0 Å². The zero-order chi connectivity index (χ0) is 13.8. The van der Waals surface area contributed by atoms with Gasteiger partial charge in [0.15, 0.2) is 0 Å². The third kappa shape index (κ3) is 3.94. The Bertz CT molecular complexity index is 448. The maximum Gasteiger partial charge on any atom is 0.238 e. The van der Waals surface area contributed by atoms with E-state index >= 15 is 0 Å². The number of aliphatic hydroxyl groups is 1. The lowest BCUT2D eigenvalue weighted by Gasteiger charge is -2.17. The third-order valence-electron chi connectivity index (χ3n) is 3.53. The highest BCUT2D eigenvalue weighted by molar-refractivity contribution is 5.92. The second kappa shape index (κ2) is 6.04. The lowest BCUT2D eigenvalue weighted by Crippen LogP contribution is -2.32. The monoisotopic (exact) mass is 263 g/mol. The molecule has 1 aliphatic rings. The second-order valence-corrected chi connectivity index (χ2v) is 5.20. The standard InChI is InChI=1S/C14H21N3O2/c1-10(18)11-5-6-17(8-11)9-14(19)16-13-4-2-3-12(15)7-13/h2-4,7,10-11,18H,5-6,8-9,15H2,1H3,(H,16,19). The molecule has 1 saturated heterocycles. The van der Waals surface area contributed by atoms with Crippen LogP contribution in [0.2, 0.25) is 0 Å². The van der Waals surface area contributed by atoms with E-state index in [0.717, 1.165) is 25.2 Å². The van der Waals surface area contributed by atoms with Crippen molar-refractivity contribution in [3.63, 3.8) is 0 Å². The highest BCUT2D eigenvalue weighted by atomic mass is 16.3. The van der Waals surface area contributed by atoms with Crippen LogP contribution in [0.15, 0.2) is 24.3 Å². The summed E-state index contributed by atoms with van der Waals surface area (Å²) in [6.07, 6.45) is 0.644. The summed E-state index contributed by atoms with van der Waals surface area (Å²) in [7, 11) is 0. The van der Waals surface area contributed by atoms with Crippen LogP contribution in [0.4, 0.5) is 11.4 Å². The molecule has 1 aromatic rings. The molecule has 1 fully saturated rings. The number of nitrogens with one attached hydrogen (secondary N) is 1. The fraction of sp³-hybridized carbons (Fsp3) is 0.500. The van der Waals surface area contributed by atoms with Gasteiger partial charge in [0.1, 0.15) is 0 Å². The van der Waals surface area contributed by atoms with Gasteiger partial charge in [0, 0.05) is 17.9 Å². The topological polar surface area (TPSA) is 78.6 Å². The van der Waals surface area contributed by atoms with E-state index in [1.165, 1.54) is 0 Å². The van der Waals surface area contributed by atoms with Gasteiger partial charge in [-0.25, -0.2) is 0 Å². The van der Waals surface area contributed by atoms with Crippen LogP contribution in [-0.4, -0.2) is 41.7 Å². The number of likely N-dealkylation sites (tertiary alicyclic amines) is 1. The van der Waals surface area contributed by atoms with Gasteiger partial charge in [0.05, 0.1) is 12.6 Å². The van der Waals surface area contributed by atoms with Crippen LogP contribution >= 0.6 is 0 Å². The fourth-order valence-electron chi connectivity index (χ4n) is 2.42. The van der Waals surface area contributed by atoms with E-state index in [9.17, 15) is 9.90 Å². The summed E-state index contributed by atoms with van der Waals surface area (Å²) in [6.45, 7) is 3.81. The van der Waals surface area contributed by atoms with Crippen LogP contribution in [0.1, 0.15) is 13.3 Å². The average Bonchev–Trinajstić information content (AvgIpc) is 2.77. The van der Waals surface area contributed by atoms with Crippen LogP contribution in [0.25, 0.3) is 0 Å². The molecule has 2 atom stereocenters. The zero-order valence-electron chi connectivity index (χ0n) is 11.2. The van der Waals surface area contributed by atoms with Crippen molar-refractivity contribution in [3.8, 4) is 0 Å². The van der Waals surface area contributed by atoms with Crippen molar-refractivity contribution in [3.05, 3.63) is 24.3 Å². The average molecular weight is 263 g/mol. The van der Waals surface area contributed by atoms with Crippen molar-refractivity contribution in [1.29, 1.82) is 0 Å². The highest BCUT2D eigenvalue weighted by Crippen LogP contribution is 2.19. The number of nitrogens with two attached hydrogens (primary N) is 1. The van der Waals surface area contributed by atoms with Gasteiger partial charge < -0.3 is 16.2 Å². The maximum atomic E-state index is 11.9. The predicted octanol–water partition coefficient (Wildman–Crippen LogP) is 0.910. The Hall–Kier alpha value is -1.59. The Morgan fingerprint density at radius 3 is 3.05 bits per heavy atom. The Kier molecular flexibility index (Phi) is 4.39. The number of benzene rings is 1. The van der Waals surface area contributed by atoms with Crippen molar-refractivity contribution in [1.82, 2.24) is 4.90 Å². The number of rotatable bonds is 4. The normalized spacial score (nSPS) is 21.3. The Balaban J connectivity index is 1.82. The minimum Gasteiger partial charge on any atom is -0.399 e. The maximum absolute atomic E-state index is 11.9. The molecule has 5 nitrogen and oxygen atoms in total. The first-order valence-electron chi connectivity index (χ1n) is 6.60. The largest absolute Gasteiger partial charge is 0.399 e. The molecule has 2 unspecified atom stereocenters. The highest BCUT2D eigenvalue weighted by Gasteiger charge is 2.26. The van der Waals surface area contributed by atoms with Crippen molar-refractivity contribution in [2.45, 2.75) is 19.4 Å². The molecule has 0 bridgehead atoms. The summed E-state index contributed by atoms with van der Waals surface area (Å²) >= 11 is 0. The summed E-state index contributed by atoms with van der Waals surface area (Å²) in [5, 5.41) is 12.4. The number of hydrogen-bond acceptors (Lipinski definition) is 4. The number of aliphatic hydroxyl groups excluding tert-OH is 1. The van der Waals surface area contributed by atoms with Gasteiger partial charge in [-0.3, -0.25) is 9.69 Å². The van der Waals surface area contributed by atoms with E-state index in [1.807, 2.05) is 12.1 Å². The van der Waals surface area contributed by atoms with E-state index in [-0.39, 0.29) is 17.9 Å². The molecule has 4 N–H and O–H groups in total. The predicted molar refractivity (Wildman–Crippen MR) is 75.7 cm³/mol. The molecule has 104 valence electrons. The first-order chi connectivity index (χ1) is 9.04. The summed E-state index contributed by atoms with van der Waals surface area (Å²) in [5.41, 5.74) is 7.01. The van der Waals surface area contributed by atoms with Gasteiger partial charge in [-0.1, -0.05) is 6.07 Å². The van der Waals surface area contributed by atoms with Crippen LogP contribution in [-0.2, 0) is 4.79 Å². The SMILES string of the molecule is CC(O)C1CCN(CC(=O)Nc2cccc(N)c2)C1. The zero-order valence-corrected chi connectivity index (χ0v) is 11.2. The smallest absolute Gasteiger partial charge is 0.238 e. The van der Waals surface area contributed by atoms with Gasteiger partial charge in [-0.05, 0) is 44.0 Å². The van der Waals surface area contributed by atoms with Gasteiger partial charge in [0.2, 0.25) is 5.91 Å². The van der Waals surface area contributed by atoms with Crippen molar-refractivity contribution in [2.75, 3.05) is 30.7 Å². The van der Waals surface area contributed by atoms with Gasteiger partial charge in [0.25, 0.3) is 0 Å². The quantitative estimate of drug-likeness (QED) is 0.706. The summed E-state index contributed by atoms with van der Waals surface area (Å²) in [6, 6.07) is 7.14. The minimum absolute atomic E-state index is 0.0446. The Morgan fingerprint density at radius 2 is 2.42 bits per heavy atom. The van der Waals surface area contributed by atoms with Crippen LogP contribution < -0.4 is 11.1 Å². The number of carbonyl (C=O) groups is 1. The van der Waals surface area contributed by atoms with Gasteiger partial charge in [-0.15, -0.1) is 0 Å². The van der Waals surface area contributed by atoms with Crippen LogP contribution in [0.5, 0.6) is 0 Å². The molecule has 0 radical (unpaired) electrons. The number of anilines is 2. The number of carbonyl (C=O) groups excluding carboxylic acids is 1. The first-order valence-corrected chi connectivity index (χ1v) is 6.60. The fourth-order valence-corrected chi connectivity index (χ4v) is 2.42. The molecular weight excluding hydrogens is 242 g/mol. The molecule has 0 spiro atoms. The Labute approximate surface area is 113 Å². The molecule has 1 aliphatic heterocycles. The molecule has 1 amide bonds. The lowest BCUT2D eigenvalue weighted by atomic mass is 10.0. The van der Waals surface area contributed by atoms with Crippen molar-refractivity contribution >= 4 is 17.3 Å². The van der Waals surface area contributed by atoms with E-state index in [0.29, 0.717) is 12.2 Å². The third-order valence-corrected chi connectivity index (χ3v) is 3.53. The van der Waals surface area contributed by atoms with Crippen molar-refractivity contribution in [2.24, 2.45) is 5.92 Å². The van der Waals surface area contributed by atoms with Gasteiger partial charge >= 0.3 is 0 Å². The molecular formula is C14H21N3O2. The van der Waals surface area contributed by atoms with E-state index in [4.69, 9.17) is 5.73 Å². The Morgan fingerprint density at radius 1 is 1.63 bits per heavy atom. The number of nitrogens with zero attached hydrogens (tertiary/aromatic N) is 1. The lowest BCUT2D eigenvalue weighted by molar-refractivity contribution is -0.117.